The molecule has 0 heterocycles. The number of likely N-dealkylation sites (N-methyl/N-ethyl adjacent to an activating group) is 1. The maximum atomic E-state index is 9.73. The van der Waals surface area contributed by atoms with Crippen molar-refractivity contribution >= 4 is 6.41 Å². The van der Waals surface area contributed by atoms with Crippen LogP contribution in [0, 0.1) is 0 Å². The second-order valence-corrected chi connectivity index (χ2v) is 1.82. The van der Waals surface area contributed by atoms with E-state index in [0.717, 1.165) is 0 Å². The zero-order chi connectivity index (χ0) is 6.57. The molecule has 0 aromatic rings. The molecule has 3 nitrogen and oxygen atoms in total. The van der Waals surface area contributed by atoms with Gasteiger partial charge in [-0.3, -0.25) is 4.79 Å². The van der Waals surface area contributed by atoms with Crippen LogP contribution in [0.15, 0.2) is 0 Å². The van der Waals surface area contributed by atoms with E-state index in [4.69, 9.17) is 5.11 Å². The fourth-order valence-corrected chi connectivity index (χ4v) is 0.434. The lowest BCUT2D eigenvalue weighted by molar-refractivity contribution is 0.166. The van der Waals surface area contributed by atoms with Crippen molar-refractivity contribution in [3.63, 3.8) is 0 Å². The standard InChI is InChI=1S/C5H10NO2/c1-5(8)3-6(2)4-7/h5,8H,3H2,1-2H3. The van der Waals surface area contributed by atoms with Crippen molar-refractivity contribution in [2.24, 2.45) is 0 Å². The molecule has 0 saturated heterocycles. The van der Waals surface area contributed by atoms with Crippen LogP contribution in [0.2, 0.25) is 0 Å². The molecule has 3 heteroatoms. The van der Waals surface area contributed by atoms with Gasteiger partial charge < -0.3 is 10.0 Å². The van der Waals surface area contributed by atoms with E-state index in [2.05, 4.69) is 0 Å². The Morgan fingerprint density at radius 2 is 2.38 bits per heavy atom. The lowest BCUT2D eigenvalue weighted by Gasteiger charge is -2.09. The van der Waals surface area contributed by atoms with E-state index in [1.165, 1.54) is 4.90 Å². The molecular weight excluding hydrogens is 106 g/mol. The number of carbonyl (C=O) groups excluding carboxylic acids is 1. The average Bonchev–Trinajstić information content (AvgIpc) is 1.65. The summed E-state index contributed by atoms with van der Waals surface area (Å²) in [5.74, 6) is 0. The van der Waals surface area contributed by atoms with Gasteiger partial charge in [-0.05, 0) is 6.92 Å². The largest absolute Gasteiger partial charge is 0.392 e. The first-order valence-corrected chi connectivity index (χ1v) is 2.43. The zero-order valence-corrected chi connectivity index (χ0v) is 5.09. The molecule has 0 aromatic carbocycles. The third-order valence-electron chi connectivity index (χ3n) is 0.694. The SMILES string of the molecule is CC(O)CN(C)[C]=O. The van der Waals surface area contributed by atoms with E-state index in [0.29, 0.717) is 6.54 Å². The summed E-state index contributed by atoms with van der Waals surface area (Å²) in [5, 5.41) is 8.63. The van der Waals surface area contributed by atoms with Crippen LogP contribution in [0.4, 0.5) is 0 Å². The van der Waals surface area contributed by atoms with Crippen LogP contribution >= 0.6 is 0 Å². The maximum Gasteiger partial charge on any atom is 0.311 e. The third kappa shape index (κ3) is 3.61. The van der Waals surface area contributed by atoms with Gasteiger partial charge in [-0.25, -0.2) is 0 Å². The Balaban J connectivity index is 3.23. The lowest BCUT2D eigenvalue weighted by Crippen LogP contribution is -2.25. The van der Waals surface area contributed by atoms with Gasteiger partial charge in [0.1, 0.15) is 0 Å². The van der Waals surface area contributed by atoms with Crippen molar-refractivity contribution in [1.82, 2.24) is 4.90 Å². The van der Waals surface area contributed by atoms with Crippen LogP contribution in [0.1, 0.15) is 6.92 Å². The van der Waals surface area contributed by atoms with Crippen LogP contribution in [-0.4, -0.2) is 36.1 Å². The average molecular weight is 116 g/mol. The van der Waals surface area contributed by atoms with Gasteiger partial charge >= 0.3 is 6.41 Å². The molecule has 47 valence electrons. The lowest BCUT2D eigenvalue weighted by atomic mass is 10.4. The summed E-state index contributed by atoms with van der Waals surface area (Å²) in [6, 6.07) is 0. The van der Waals surface area contributed by atoms with Crippen LogP contribution in [0.5, 0.6) is 0 Å². The molecule has 0 rings (SSSR count). The first-order valence-electron chi connectivity index (χ1n) is 2.43. The minimum Gasteiger partial charge on any atom is -0.392 e. The molecule has 0 bridgehead atoms. The van der Waals surface area contributed by atoms with E-state index in [1.807, 2.05) is 0 Å². The third-order valence-corrected chi connectivity index (χ3v) is 0.694. The number of hydrogen-bond acceptors (Lipinski definition) is 2. The van der Waals surface area contributed by atoms with Crippen molar-refractivity contribution in [1.29, 1.82) is 0 Å². The second-order valence-electron chi connectivity index (χ2n) is 1.82. The van der Waals surface area contributed by atoms with Crippen LogP contribution in [-0.2, 0) is 4.79 Å². The smallest absolute Gasteiger partial charge is 0.311 e. The number of aliphatic hydroxyl groups is 1. The highest BCUT2D eigenvalue weighted by atomic mass is 16.3. The van der Waals surface area contributed by atoms with Crippen LogP contribution in [0.3, 0.4) is 0 Å². The molecule has 8 heavy (non-hydrogen) atoms. The van der Waals surface area contributed by atoms with Crippen molar-refractivity contribution in [3.8, 4) is 0 Å². The molecule has 0 aliphatic rings. The molecule has 0 aromatic heterocycles. The Bertz CT molecular complexity index is 72.8. The minimum absolute atomic E-state index is 0.351. The first kappa shape index (κ1) is 7.43. The van der Waals surface area contributed by atoms with E-state index in [1.54, 1.807) is 20.4 Å². The normalized spacial score (nSPS) is 12.9. The number of nitrogens with zero attached hydrogens (tertiary/aromatic N) is 1. The minimum atomic E-state index is -0.457. The van der Waals surface area contributed by atoms with Gasteiger partial charge in [0, 0.05) is 13.6 Å². The van der Waals surface area contributed by atoms with E-state index in [9.17, 15) is 4.79 Å². The fraction of sp³-hybridized carbons (Fsp3) is 0.800. The van der Waals surface area contributed by atoms with E-state index < -0.39 is 6.10 Å². The summed E-state index contributed by atoms with van der Waals surface area (Å²) in [6.07, 6.45) is 1.16. The monoisotopic (exact) mass is 116 g/mol. The van der Waals surface area contributed by atoms with Crippen molar-refractivity contribution < 1.29 is 9.90 Å². The van der Waals surface area contributed by atoms with Crippen molar-refractivity contribution in [3.05, 3.63) is 0 Å². The summed E-state index contributed by atoms with van der Waals surface area (Å²) in [4.78, 5) is 11.0. The summed E-state index contributed by atoms with van der Waals surface area (Å²) >= 11 is 0. The van der Waals surface area contributed by atoms with Crippen LogP contribution in [0.25, 0.3) is 0 Å². The maximum absolute atomic E-state index is 9.73. The predicted octanol–water partition coefficient (Wildman–Crippen LogP) is -0.634. The highest BCUT2D eigenvalue weighted by Gasteiger charge is 1.98. The fourth-order valence-electron chi connectivity index (χ4n) is 0.434. The Labute approximate surface area is 48.9 Å². The van der Waals surface area contributed by atoms with Crippen LogP contribution < -0.4 is 0 Å². The highest BCUT2D eigenvalue weighted by molar-refractivity contribution is 5.47. The molecule has 1 N–H and O–H groups in total. The number of aliphatic hydroxyl groups excluding tert-OH is 1. The molecule has 0 saturated carbocycles. The molecule has 0 spiro atoms. The Kier molecular flexibility index (Phi) is 3.19. The second kappa shape index (κ2) is 3.43. The van der Waals surface area contributed by atoms with E-state index >= 15 is 0 Å². The first-order chi connectivity index (χ1) is 3.66. The molecule has 1 radical (unpaired) electrons. The molecule has 0 fully saturated rings. The van der Waals surface area contributed by atoms with Gasteiger partial charge in [-0.15, -0.1) is 0 Å². The quantitative estimate of drug-likeness (QED) is 0.498. The Morgan fingerprint density at radius 3 is 2.50 bits per heavy atom. The van der Waals surface area contributed by atoms with E-state index in [-0.39, 0.29) is 0 Å². The molecule has 1 atom stereocenters. The van der Waals surface area contributed by atoms with Gasteiger partial charge in [-0.1, -0.05) is 0 Å². The van der Waals surface area contributed by atoms with Crippen molar-refractivity contribution in [2.45, 2.75) is 13.0 Å². The van der Waals surface area contributed by atoms with Gasteiger partial charge in [0.15, 0.2) is 0 Å². The summed E-state index contributed by atoms with van der Waals surface area (Å²) < 4.78 is 0. The van der Waals surface area contributed by atoms with Gasteiger partial charge in [0.2, 0.25) is 0 Å². The number of amides is 1. The van der Waals surface area contributed by atoms with Gasteiger partial charge in [-0.2, -0.15) is 0 Å². The number of hydrogen-bond donors (Lipinski definition) is 1. The Morgan fingerprint density at radius 1 is 1.88 bits per heavy atom. The zero-order valence-electron chi connectivity index (χ0n) is 5.09. The summed E-state index contributed by atoms with van der Waals surface area (Å²) in [5.41, 5.74) is 0. The molecular formula is C5H10NO2. The molecule has 0 aliphatic carbocycles. The predicted molar refractivity (Wildman–Crippen MR) is 30.0 cm³/mol. The van der Waals surface area contributed by atoms with Gasteiger partial charge in [0.05, 0.1) is 6.10 Å². The molecule has 0 aliphatic heterocycles. The summed E-state index contributed by atoms with van der Waals surface area (Å²) in [7, 11) is 1.57. The van der Waals surface area contributed by atoms with Gasteiger partial charge in [0.25, 0.3) is 0 Å². The van der Waals surface area contributed by atoms with Crippen molar-refractivity contribution in [2.75, 3.05) is 13.6 Å². The summed E-state index contributed by atoms with van der Waals surface area (Å²) in [6.45, 7) is 1.97. The highest BCUT2D eigenvalue weighted by Crippen LogP contribution is 1.81. The molecule has 1 unspecified atom stereocenters. The topological polar surface area (TPSA) is 40.5 Å². The molecule has 1 amide bonds. The Hall–Kier alpha value is -0.570. The number of rotatable bonds is 3.